The topological polar surface area (TPSA) is 38.3 Å². The van der Waals surface area contributed by atoms with Crippen LogP contribution in [-0.4, -0.2) is 18.9 Å². The monoisotopic (exact) mass is 253 g/mol. The molecule has 0 radical (unpaired) electrons. The lowest BCUT2D eigenvalue weighted by Crippen LogP contribution is -2.30. The molecule has 0 saturated carbocycles. The van der Waals surface area contributed by atoms with Gasteiger partial charge in [0.05, 0.1) is 6.04 Å². The largest absolute Gasteiger partial charge is 0.440 e. The number of hydrogen-bond donors (Lipinski definition) is 1. The number of alkyl carbamates (subject to hydrolysis) is 1. The van der Waals surface area contributed by atoms with Crippen molar-refractivity contribution < 1.29 is 22.7 Å². The fourth-order valence-electron chi connectivity index (χ4n) is 0.975. The van der Waals surface area contributed by atoms with Crippen molar-refractivity contribution in [3.05, 3.63) is 22.4 Å². The van der Waals surface area contributed by atoms with Crippen LogP contribution < -0.4 is 5.32 Å². The van der Waals surface area contributed by atoms with E-state index in [1.807, 2.05) is 5.38 Å². The third-order valence-corrected chi connectivity index (χ3v) is 2.73. The van der Waals surface area contributed by atoms with Gasteiger partial charge in [-0.2, -0.15) is 13.2 Å². The summed E-state index contributed by atoms with van der Waals surface area (Å²) >= 11 is 1.40. The van der Waals surface area contributed by atoms with E-state index in [1.165, 1.54) is 11.3 Å². The molecule has 1 aromatic heterocycles. The molecule has 0 bridgehead atoms. The molecule has 7 heteroatoms. The van der Waals surface area contributed by atoms with E-state index in [-0.39, 0.29) is 6.04 Å². The zero-order valence-electron chi connectivity index (χ0n) is 8.38. The molecule has 0 aliphatic heterocycles. The number of alkyl halides is 3. The fourth-order valence-corrected chi connectivity index (χ4v) is 1.71. The molecule has 3 nitrogen and oxygen atoms in total. The third-order valence-electron chi connectivity index (χ3n) is 1.67. The summed E-state index contributed by atoms with van der Waals surface area (Å²) in [4.78, 5) is 11.8. The van der Waals surface area contributed by atoms with E-state index in [0.29, 0.717) is 0 Å². The summed E-state index contributed by atoms with van der Waals surface area (Å²) in [5.74, 6) is 0. The van der Waals surface area contributed by atoms with E-state index in [0.717, 1.165) is 4.88 Å². The summed E-state index contributed by atoms with van der Waals surface area (Å²) in [5, 5.41) is 4.12. The van der Waals surface area contributed by atoms with Crippen LogP contribution in [-0.2, 0) is 4.74 Å². The van der Waals surface area contributed by atoms with Crippen molar-refractivity contribution in [2.24, 2.45) is 0 Å². The SMILES string of the molecule is CC(NC(=O)OCC(F)(F)F)c1cccs1. The van der Waals surface area contributed by atoms with Crippen LogP contribution >= 0.6 is 11.3 Å². The summed E-state index contributed by atoms with van der Waals surface area (Å²) < 4.78 is 39.2. The molecule has 1 rings (SSSR count). The van der Waals surface area contributed by atoms with E-state index in [1.54, 1.807) is 19.1 Å². The number of amides is 1. The Morgan fingerprint density at radius 3 is 2.81 bits per heavy atom. The standard InChI is InChI=1S/C9H10F3NO2S/c1-6(7-3-2-4-16-7)13-8(14)15-5-9(10,11)12/h2-4,6H,5H2,1H3,(H,13,14). The maximum absolute atomic E-state index is 11.7. The first-order chi connectivity index (χ1) is 7.38. The lowest BCUT2D eigenvalue weighted by Gasteiger charge is -2.13. The van der Waals surface area contributed by atoms with Gasteiger partial charge in [-0.1, -0.05) is 6.07 Å². The first-order valence-corrected chi connectivity index (χ1v) is 5.30. The molecule has 1 heterocycles. The Morgan fingerprint density at radius 1 is 1.62 bits per heavy atom. The van der Waals surface area contributed by atoms with Crippen molar-refractivity contribution in [3.63, 3.8) is 0 Å². The molecule has 1 amide bonds. The highest BCUT2D eigenvalue weighted by molar-refractivity contribution is 7.10. The number of ether oxygens (including phenoxy) is 1. The van der Waals surface area contributed by atoms with Crippen LogP contribution in [0.3, 0.4) is 0 Å². The Labute approximate surface area is 94.2 Å². The average Bonchev–Trinajstić information content (AvgIpc) is 2.66. The van der Waals surface area contributed by atoms with Gasteiger partial charge in [0, 0.05) is 4.88 Å². The quantitative estimate of drug-likeness (QED) is 0.898. The first kappa shape index (κ1) is 12.8. The zero-order valence-corrected chi connectivity index (χ0v) is 9.19. The Balaban J connectivity index is 2.35. The zero-order chi connectivity index (χ0) is 12.2. The highest BCUT2D eigenvalue weighted by Gasteiger charge is 2.29. The molecular weight excluding hydrogens is 243 g/mol. The van der Waals surface area contributed by atoms with Crippen LogP contribution in [0.25, 0.3) is 0 Å². The minimum atomic E-state index is -4.50. The van der Waals surface area contributed by atoms with Gasteiger partial charge in [0.15, 0.2) is 6.61 Å². The van der Waals surface area contributed by atoms with Crippen molar-refractivity contribution in [3.8, 4) is 0 Å². The number of carbonyl (C=O) groups excluding carboxylic acids is 1. The molecule has 90 valence electrons. The van der Waals surface area contributed by atoms with Crippen LogP contribution in [0.2, 0.25) is 0 Å². The van der Waals surface area contributed by atoms with E-state index >= 15 is 0 Å². The maximum atomic E-state index is 11.7. The maximum Gasteiger partial charge on any atom is 0.422 e. The number of hydrogen-bond acceptors (Lipinski definition) is 3. The molecule has 0 fully saturated rings. The van der Waals surface area contributed by atoms with Crippen LogP contribution in [0.1, 0.15) is 17.8 Å². The molecule has 0 aromatic carbocycles. The summed E-state index contributed by atoms with van der Waals surface area (Å²) in [6.45, 7) is 0.0939. The van der Waals surface area contributed by atoms with Gasteiger partial charge in [0.2, 0.25) is 0 Å². The Bertz CT molecular complexity index is 337. The average molecular weight is 253 g/mol. The minimum absolute atomic E-state index is 0.360. The van der Waals surface area contributed by atoms with Gasteiger partial charge in [0.25, 0.3) is 0 Å². The van der Waals surface area contributed by atoms with Gasteiger partial charge in [-0.05, 0) is 18.4 Å². The number of halogens is 3. The fraction of sp³-hybridized carbons (Fsp3) is 0.444. The predicted molar refractivity (Wildman–Crippen MR) is 53.3 cm³/mol. The van der Waals surface area contributed by atoms with Crippen LogP contribution in [0.5, 0.6) is 0 Å². The number of nitrogens with one attached hydrogen (secondary N) is 1. The molecule has 0 aliphatic rings. The second-order valence-electron chi connectivity index (χ2n) is 3.07. The van der Waals surface area contributed by atoms with E-state index in [4.69, 9.17) is 0 Å². The molecular formula is C9H10F3NO2S. The molecule has 1 unspecified atom stereocenters. The van der Waals surface area contributed by atoms with Crippen molar-refractivity contribution in [2.75, 3.05) is 6.61 Å². The predicted octanol–water partition coefficient (Wildman–Crippen LogP) is 3.10. The second-order valence-corrected chi connectivity index (χ2v) is 4.05. The van der Waals surface area contributed by atoms with Gasteiger partial charge in [0.1, 0.15) is 0 Å². The van der Waals surface area contributed by atoms with Crippen molar-refractivity contribution in [1.82, 2.24) is 5.32 Å². The Hall–Kier alpha value is -1.24. The Kier molecular flexibility index (Phi) is 4.17. The van der Waals surface area contributed by atoms with Crippen LogP contribution in [0.15, 0.2) is 17.5 Å². The van der Waals surface area contributed by atoms with E-state index in [9.17, 15) is 18.0 Å². The van der Waals surface area contributed by atoms with Crippen LogP contribution in [0, 0.1) is 0 Å². The molecule has 1 aromatic rings. The number of carbonyl (C=O) groups is 1. The summed E-state index contributed by atoms with van der Waals surface area (Å²) in [5.41, 5.74) is 0. The molecule has 0 aliphatic carbocycles. The molecule has 1 atom stereocenters. The van der Waals surface area contributed by atoms with Gasteiger partial charge >= 0.3 is 12.3 Å². The normalized spacial score (nSPS) is 13.2. The lowest BCUT2D eigenvalue weighted by molar-refractivity contribution is -0.160. The highest BCUT2D eigenvalue weighted by Crippen LogP contribution is 2.18. The molecule has 16 heavy (non-hydrogen) atoms. The number of rotatable bonds is 3. The summed E-state index contributed by atoms with van der Waals surface area (Å²) in [7, 11) is 0. The molecule has 0 spiro atoms. The van der Waals surface area contributed by atoms with Crippen LogP contribution in [0.4, 0.5) is 18.0 Å². The molecule has 0 saturated heterocycles. The molecule has 1 N–H and O–H groups in total. The smallest absolute Gasteiger partial charge is 0.422 e. The van der Waals surface area contributed by atoms with Gasteiger partial charge < -0.3 is 10.1 Å². The van der Waals surface area contributed by atoms with E-state index in [2.05, 4.69) is 10.1 Å². The first-order valence-electron chi connectivity index (χ1n) is 4.42. The Morgan fingerprint density at radius 2 is 2.31 bits per heavy atom. The summed E-state index contributed by atoms with van der Waals surface area (Å²) in [6.07, 6.45) is -5.57. The lowest BCUT2D eigenvalue weighted by atomic mass is 10.3. The van der Waals surface area contributed by atoms with Crippen molar-refractivity contribution in [1.29, 1.82) is 0 Å². The number of thiophene rings is 1. The van der Waals surface area contributed by atoms with Crippen molar-refractivity contribution >= 4 is 17.4 Å². The minimum Gasteiger partial charge on any atom is -0.440 e. The van der Waals surface area contributed by atoms with Gasteiger partial charge in [-0.3, -0.25) is 0 Å². The van der Waals surface area contributed by atoms with Crippen molar-refractivity contribution in [2.45, 2.75) is 19.1 Å². The summed E-state index contributed by atoms with van der Waals surface area (Å²) in [6, 6.07) is 3.21. The second kappa shape index (κ2) is 5.20. The van der Waals surface area contributed by atoms with Gasteiger partial charge in [-0.15, -0.1) is 11.3 Å². The highest BCUT2D eigenvalue weighted by atomic mass is 32.1. The van der Waals surface area contributed by atoms with Gasteiger partial charge in [-0.25, -0.2) is 4.79 Å². The van der Waals surface area contributed by atoms with E-state index < -0.39 is 18.9 Å². The third kappa shape index (κ3) is 4.52.